The molecule has 134 valence electrons. The quantitative estimate of drug-likeness (QED) is 0.899. The average Bonchev–Trinajstić information content (AvgIpc) is 2.60. The first-order chi connectivity index (χ1) is 11.6. The molecular formula is C20H24ClFN2O. The van der Waals surface area contributed by atoms with Crippen molar-refractivity contribution < 1.29 is 9.18 Å². The highest BCUT2D eigenvalue weighted by atomic mass is 35.5. The van der Waals surface area contributed by atoms with E-state index in [-0.39, 0.29) is 36.1 Å². The van der Waals surface area contributed by atoms with E-state index in [1.807, 2.05) is 43.0 Å². The Balaban J connectivity index is 0.00000225. The molecule has 1 heterocycles. The van der Waals surface area contributed by atoms with E-state index in [0.29, 0.717) is 13.1 Å². The van der Waals surface area contributed by atoms with Gasteiger partial charge in [0.1, 0.15) is 5.82 Å². The molecule has 5 heteroatoms. The first-order valence-corrected chi connectivity index (χ1v) is 8.39. The molecular weight excluding hydrogens is 339 g/mol. The molecule has 0 saturated carbocycles. The number of halogens is 2. The number of carbonyl (C=O) groups is 1. The molecule has 2 aromatic rings. The predicted octanol–water partition coefficient (Wildman–Crippen LogP) is 3.83. The van der Waals surface area contributed by atoms with Crippen molar-refractivity contribution in [3.8, 4) is 0 Å². The molecule has 25 heavy (non-hydrogen) atoms. The Morgan fingerprint density at radius 1 is 1.24 bits per heavy atom. The molecule has 2 aromatic carbocycles. The van der Waals surface area contributed by atoms with Crippen molar-refractivity contribution in [2.45, 2.75) is 25.8 Å². The third kappa shape index (κ3) is 4.39. The van der Waals surface area contributed by atoms with Crippen LogP contribution in [0.3, 0.4) is 0 Å². The van der Waals surface area contributed by atoms with Crippen LogP contribution >= 0.6 is 12.4 Å². The van der Waals surface area contributed by atoms with Gasteiger partial charge in [-0.1, -0.05) is 42.0 Å². The topological polar surface area (TPSA) is 32.3 Å². The van der Waals surface area contributed by atoms with E-state index in [9.17, 15) is 9.18 Å². The average molecular weight is 363 g/mol. The number of hydrogen-bond acceptors (Lipinski definition) is 2. The lowest BCUT2D eigenvalue weighted by molar-refractivity contribution is -0.135. The van der Waals surface area contributed by atoms with Crippen LogP contribution < -0.4 is 5.32 Å². The van der Waals surface area contributed by atoms with Gasteiger partial charge in [0.05, 0.1) is 12.0 Å². The van der Waals surface area contributed by atoms with E-state index >= 15 is 0 Å². The molecule has 0 aromatic heterocycles. The monoisotopic (exact) mass is 362 g/mol. The molecule has 2 unspecified atom stereocenters. The normalized spacial score (nSPS) is 18.4. The fourth-order valence-corrected chi connectivity index (χ4v) is 3.31. The summed E-state index contributed by atoms with van der Waals surface area (Å²) in [6, 6.07) is 14.5. The molecule has 2 atom stereocenters. The summed E-state index contributed by atoms with van der Waals surface area (Å²) in [5.74, 6) is -0.382. The van der Waals surface area contributed by atoms with Crippen molar-refractivity contribution in [2.24, 2.45) is 0 Å². The molecule has 3 rings (SSSR count). The van der Waals surface area contributed by atoms with Gasteiger partial charge in [0.15, 0.2) is 0 Å². The lowest BCUT2D eigenvalue weighted by atomic mass is 9.95. The summed E-state index contributed by atoms with van der Waals surface area (Å²) in [6.07, 6.45) is 0. The highest BCUT2D eigenvalue weighted by molar-refractivity contribution is 5.85. The Hall–Kier alpha value is -1.91. The van der Waals surface area contributed by atoms with Crippen LogP contribution in [-0.2, 0) is 4.79 Å². The van der Waals surface area contributed by atoms with Gasteiger partial charge in [-0.2, -0.15) is 0 Å². The van der Waals surface area contributed by atoms with Gasteiger partial charge in [0.25, 0.3) is 0 Å². The van der Waals surface area contributed by atoms with Crippen molar-refractivity contribution in [1.29, 1.82) is 0 Å². The van der Waals surface area contributed by atoms with E-state index in [1.54, 1.807) is 6.07 Å². The maximum atomic E-state index is 13.6. The number of carbonyl (C=O) groups excluding carboxylic acids is 1. The maximum absolute atomic E-state index is 13.6. The number of benzene rings is 2. The zero-order chi connectivity index (χ0) is 17.1. The van der Waals surface area contributed by atoms with Gasteiger partial charge >= 0.3 is 0 Å². The molecule has 0 aliphatic carbocycles. The van der Waals surface area contributed by atoms with Gasteiger partial charge in [-0.25, -0.2) is 4.39 Å². The molecule has 0 radical (unpaired) electrons. The fraction of sp³-hybridized carbons (Fsp3) is 0.350. The van der Waals surface area contributed by atoms with Gasteiger partial charge in [0.2, 0.25) is 5.91 Å². The number of nitrogens with one attached hydrogen (secondary N) is 1. The standard InChI is InChI=1S/C20H23FN2O.ClH/c1-14-5-3-6-16(11-14)15(2)20(24)23-10-9-22-13-19(23)17-7-4-8-18(21)12-17;/h3-8,11-12,15,19,22H,9-10,13H2,1-2H3;1H. The van der Waals surface area contributed by atoms with Crippen molar-refractivity contribution in [2.75, 3.05) is 19.6 Å². The number of nitrogens with zero attached hydrogens (tertiary/aromatic N) is 1. The van der Waals surface area contributed by atoms with E-state index in [4.69, 9.17) is 0 Å². The Bertz CT molecular complexity index is 737. The number of piperazine rings is 1. The van der Waals surface area contributed by atoms with E-state index in [0.717, 1.165) is 23.2 Å². The molecule has 0 bridgehead atoms. The van der Waals surface area contributed by atoms with Crippen LogP contribution in [0.25, 0.3) is 0 Å². The van der Waals surface area contributed by atoms with E-state index in [1.165, 1.54) is 12.1 Å². The molecule has 1 aliphatic rings. The largest absolute Gasteiger partial charge is 0.333 e. The third-order valence-electron chi connectivity index (χ3n) is 4.67. The zero-order valence-electron chi connectivity index (χ0n) is 14.5. The Morgan fingerprint density at radius 2 is 2.00 bits per heavy atom. The summed E-state index contributed by atoms with van der Waals surface area (Å²) in [7, 11) is 0. The second-order valence-corrected chi connectivity index (χ2v) is 6.44. The SMILES string of the molecule is Cc1cccc(C(C)C(=O)N2CCNCC2c2cccc(F)c2)c1.Cl. The maximum Gasteiger partial charge on any atom is 0.230 e. The lowest BCUT2D eigenvalue weighted by Crippen LogP contribution is -2.49. The fourth-order valence-electron chi connectivity index (χ4n) is 3.31. The van der Waals surface area contributed by atoms with Crippen LogP contribution in [0, 0.1) is 12.7 Å². The molecule has 1 amide bonds. The first kappa shape index (κ1) is 19.4. The molecule has 1 aliphatic heterocycles. The Morgan fingerprint density at radius 3 is 2.72 bits per heavy atom. The van der Waals surface area contributed by atoms with Gasteiger partial charge < -0.3 is 10.2 Å². The van der Waals surface area contributed by atoms with Crippen molar-refractivity contribution in [3.63, 3.8) is 0 Å². The summed E-state index contributed by atoms with van der Waals surface area (Å²) in [6.45, 7) is 6.02. The van der Waals surface area contributed by atoms with Crippen LogP contribution in [0.2, 0.25) is 0 Å². The van der Waals surface area contributed by atoms with Crippen LogP contribution in [0.1, 0.15) is 35.6 Å². The second-order valence-electron chi connectivity index (χ2n) is 6.44. The summed E-state index contributed by atoms with van der Waals surface area (Å²) in [4.78, 5) is 15.0. The summed E-state index contributed by atoms with van der Waals surface area (Å²) < 4.78 is 13.6. The van der Waals surface area contributed by atoms with E-state index < -0.39 is 0 Å². The first-order valence-electron chi connectivity index (χ1n) is 8.39. The number of amides is 1. The Kier molecular flexibility index (Phi) is 6.57. The highest BCUT2D eigenvalue weighted by Gasteiger charge is 2.31. The van der Waals surface area contributed by atoms with Crippen molar-refractivity contribution >= 4 is 18.3 Å². The van der Waals surface area contributed by atoms with Crippen LogP contribution in [-0.4, -0.2) is 30.4 Å². The van der Waals surface area contributed by atoms with Crippen LogP contribution in [0.4, 0.5) is 4.39 Å². The highest BCUT2D eigenvalue weighted by Crippen LogP contribution is 2.28. The summed E-state index contributed by atoms with van der Waals surface area (Å²) >= 11 is 0. The lowest BCUT2D eigenvalue weighted by Gasteiger charge is -2.38. The van der Waals surface area contributed by atoms with Crippen LogP contribution in [0.5, 0.6) is 0 Å². The minimum atomic E-state index is -0.266. The molecule has 3 nitrogen and oxygen atoms in total. The molecule has 1 N–H and O–H groups in total. The van der Waals surface area contributed by atoms with Gasteiger partial charge in [0, 0.05) is 19.6 Å². The van der Waals surface area contributed by atoms with Crippen molar-refractivity contribution in [3.05, 3.63) is 71.0 Å². The van der Waals surface area contributed by atoms with Gasteiger partial charge in [-0.05, 0) is 37.1 Å². The van der Waals surface area contributed by atoms with Crippen molar-refractivity contribution in [1.82, 2.24) is 10.2 Å². The number of aryl methyl sites for hydroxylation is 1. The third-order valence-corrected chi connectivity index (χ3v) is 4.67. The molecule has 1 fully saturated rings. The minimum absolute atomic E-state index is 0. The summed E-state index contributed by atoms with van der Waals surface area (Å²) in [5.41, 5.74) is 3.01. The molecule has 0 spiro atoms. The number of hydrogen-bond donors (Lipinski definition) is 1. The van der Waals surface area contributed by atoms with Crippen LogP contribution in [0.15, 0.2) is 48.5 Å². The minimum Gasteiger partial charge on any atom is -0.333 e. The summed E-state index contributed by atoms with van der Waals surface area (Å²) in [5, 5.41) is 3.31. The van der Waals surface area contributed by atoms with E-state index in [2.05, 4.69) is 11.4 Å². The smallest absolute Gasteiger partial charge is 0.230 e. The Labute approximate surface area is 154 Å². The molecule has 1 saturated heterocycles. The predicted molar refractivity (Wildman–Crippen MR) is 101 cm³/mol. The second kappa shape index (κ2) is 8.45. The van der Waals surface area contributed by atoms with Gasteiger partial charge in [-0.15, -0.1) is 12.4 Å². The zero-order valence-corrected chi connectivity index (χ0v) is 15.4. The van der Waals surface area contributed by atoms with Gasteiger partial charge in [-0.3, -0.25) is 4.79 Å². The number of rotatable bonds is 3.